The van der Waals surface area contributed by atoms with Gasteiger partial charge in [-0.15, -0.1) is 11.3 Å². The number of rotatable bonds is 9. The standard InChI is InChI=1S/C12H21BrN2O2S3/c1-4-14-7-10-5-11(12(13)19-10)20(16,17)15-6-9(2)8-18-3/h5,9,14-15H,4,6-8H2,1-3H3. The van der Waals surface area contributed by atoms with Crippen LogP contribution in [0, 0.1) is 5.92 Å². The Morgan fingerprint density at radius 2 is 2.20 bits per heavy atom. The molecule has 1 aromatic heterocycles. The highest BCUT2D eigenvalue weighted by Crippen LogP contribution is 2.31. The highest BCUT2D eigenvalue weighted by atomic mass is 79.9. The number of sulfonamides is 1. The molecule has 0 aliphatic carbocycles. The second-order valence-corrected chi connectivity index (χ2v) is 9.64. The van der Waals surface area contributed by atoms with E-state index in [1.165, 1.54) is 11.3 Å². The van der Waals surface area contributed by atoms with E-state index < -0.39 is 10.0 Å². The second kappa shape index (κ2) is 8.75. The van der Waals surface area contributed by atoms with Crippen LogP contribution < -0.4 is 10.0 Å². The lowest BCUT2D eigenvalue weighted by molar-refractivity contribution is 0.562. The molecule has 0 radical (unpaired) electrons. The third-order valence-corrected chi connectivity index (χ3v) is 7.20. The van der Waals surface area contributed by atoms with Gasteiger partial charge in [0.05, 0.1) is 3.79 Å². The minimum atomic E-state index is -3.43. The Morgan fingerprint density at radius 3 is 2.80 bits per heavy atom. The molecule has 8 heteroatoms. The van der Waals surface area contributed by atoms with Gasteiger partial charge in [0.2, 0.25) is 10.0 Å². The maximum atomic E-state index is 12.3. The minimum absolute atomic E-state index is 0.318. The SMILES string of the molecule is CCNCc1cc(S(=O)(=O)NCC(C)CSC)c(Br)s1. The van der Waals surface area contributed by atoms with Crippen molar-refractivity contribution in [3.63, 3.8) is 0 Å². The molecule has 0 aromatic carbocycles. The summed E-state index contributed by atoms with van der Waals surface area (Å²) in [6.07, 6.45) is 2.02. The Bertz CT molecular complexity index is 517. The molecule has 1 unspecified atom stereocenters. The van der Waals surface area contributed by atoms with Crippen LogP contribution in [0.25, 0.3) is 0 Å². The fourth-order valence-electron chi connectivity index (χ4n) is 1.59. The van der Waals surface area contributed by atoms with E-state index in [4.69, 9.17) is 0 Å². The van der Waals surface area contributed by atoms with Crippen LogP contribution in [0.2, 0.25) is 0 Å². The predicted octanol–water partition coefficient (Wildman–Crippen LogP) is 2.90. The number of thiophene rings is 1. The van der Waals surface area contributed by atoms with Crippen LogP contribution in [0.15, 0.2) is 14.7 Å². The van der Waals surface area contributed by atoms with Gasteiger partial charge in [0.15, 0.2) is 0 Å². The van der Waals surface area contributed by atoms with E-state index in [2.05, 4.69) is 26.0 Å². The molecule has 0 bridgehead atoms. The van der Waals surface area contributed by atoms with Gasteiger partial charge in [0, 0.05) is 18.0 Å². The number of nitrogens with one attached hydrogen (secondary N) is 2. The maximum Gasteiger partial charge on any atom is 0.242 e. The van der Waals surface area contributed by atoms with Gasteiger partial charge in [-0.3, -0.25) is 0 Å². The normalized spacial score (nSPS) is 13.6. The van der Waals surface area contributed by atoms with Gasteiger partial charge in [-0.05, 0) is 46.5 Å². The first kappa shape index (κ1) is 18.4. The van der Waals surface area contributed by atoms with E-state index in [1.54, 1.807) is 17.8 Å². The molecule has 0 fully saturated rings. The first-order valence-corrected chi connectivity index (χ1v) is 10.9. The lowest BCUT2D eigenvalue weighted by Crippen LogP contribution is -2.29. The third-order valence-electron chi connectivity index (χ3n) is 2.62. The summed E-state index contributed by atoms with van der Waals surface area (Å²) in [6, 6.07) is 1.74. The summed E-state index contributed by atoms with van der Waals surface area (Å²) in [6.45, 7) is 6.08. The van der Waals surface area contributed by atoms with Crippen molar-refractivity contribution in [3.05, 3.63) is 14.7 Å². The largest absolute Gasteiger partial charge is 0.312 e. The monoisotopic (exact) mass is 400 g/mol. The first-order chi connectivity index (χ1) is 9.40. The molecule has 1 rings (SSSR count). The van der Waals surface area contributed by atoms with E-state index in [-0.39, 0.29) is 0 Å². The van der Waals surface area contributed by atoms with Gasteiger partial charge in [-0.1, -0.05) is 13.8 Å². The van der Waals surface area contributed by atoms with Crippen molar-refractivity contribution in [3.8, 4) is 0 Å². The second-order valence-electron chi connectivity index (χ2n) is 4.54. The Hall–Kier alpha value is 0.400. The van der Waals surface area contributed by atoms with Crippen molar-refractivity contribution in [2.24, 2.45) is 5.92 Å². The summed E-state index contributed by atoms with van der Waals surface area (Å²) in [5.41, 5.74) is 0. The topological polar surface area (TPSA) is 58.2 Å². The Kier molecular flexibility index (Phi) is 8.07. The summed E-state index contributed by atoms with van der Waals surface area (Å²) >= 11 is 6.53. The van der Waals surface area contributed by atoms with Crippen LogP contribution in [0.1, 0.15) is 18.7 Å². The number of hydrogen-bond acceptors (Lipinski definition) is 5. The van der Waals surface area contributed by atoms with Gasteiger partial charge < -0.3 is 5.32 Å². The molecule has 0 amide bonds. The van der Waals surface area contributed by atoms with Crippen molar-refractivity contribution in [1.82, 2.24) is 10.0 Å². The zero-order valence-electron chi connectivity index (χ0n) is 11.9. The lowest BCUT2D eigenvalue weighted by atomic mass is 10.2. The zero-order valence-corrected chi connectivity index (χ0v) is 15.9. The van der Waals surface area contributed by atoms with Gasteiger partial charge >= 0.3 is 0 Å². The van der Waals surface area contributed by atoms with Gasteiger partial charge in [0.1, 0.15) is 4.90 Å². The average Bonchev–Trinajstić information content (AvgIpc) is 2.76. The minimum Gasteiger partial charge on any atom is -0.312 e. The molecule has 0 saturated heterocycles. The highest BCUT2D eigenvalue weighted by Gasteiger charge is 2.21. The predicted molar refractivity (Wildman–Crippen MR) is 92.1 cm³/mol. The molecular weight excluding hydrogens is 380 g/mol. The smallest absolute Gasteiger partial charge is 0.242 e. The van der Waals surface area contributed by atoms with Crippen molar-refractivity contribution in [1.29, 1.82) is 0 Å². The fraction of sp³-hybridized carbons (Fsp3) is 0.667. The van der Waals surface area contributed by atoms with Crippen LogP contribution in [-0.2, 0) is 16.6 Å². The third kappa shape index (κ3) is 5.65. The van der Waals surface area contributed by atoms with Crippen molar-refractivity contribution in [2.45, 2.75) is 25.3 Å². The summed E-state index contributed by atoms with van der Waals surface area (Å²) in [5.74, 6) is 1.26. The van der Waals surface area contributed by atoms with E-state index in [0.717, 1.165) is 17.2 Å². The van der Waals surface area contributed by atoms with Gasteiger partial charge in [0.25, 0.3) is 0 Å². The maximum absolute atomic E-state index is 12.3. The summed E-state index contributed by atoms with van der Waals surface area (Å²) in [4.78, 5) is 1.35. The molecule has 0 saturated carbocycles. The number of thioether (sulfide) groups is 1. The average molecular weight is 401 g/mol. The lowest BCUT2D eigenvalue weighted by Gasteiger charge is -2.11. The first-order valence-electron chi connectivity index (χ1n) is 6.38. The quantitative estimate of drug-likeness (QED) is 0.668. The molecule has 0 aliphatic heterocycles. The van der Waals surface area contributed by atoms with E-state index >= 15 is 0 Å². The van der Waals surface area contributed by atoms with Crippen molar-refractivity contribution >= 4 is 49.1 Å². The zero-order chi connectivity index (χ0) is 15.2. The molecule has 4 nitrogen and oxygen atoms in total. The molecule has 1 heterocycles. The molecule has 0 aliphatic rings. The Morgan fingerprint density at radius 1 is 1.50 bits per heavy atom. The van der Waals surface area contributed by atoms with Crippen LogP contribution in [0.5, 0.6) is 0 Å². The van der Waals surface area contributed by atoms with Crippen LogP contribution in [0.4, 0.5) is 0 Å². The molecule has 1 aromatic rings. The van der Waals surface area contributed by atoms with Crippen LogP contribution in [0.3, 0.4) is 0 Å². The van der Waals surface area contributed by atoms with E-state index in [9.17, 15) is 8.42 Å². The molecule has 20 heavy (non-hydrogen) atoms. The number of halogens is 1. The molecule has 0 spiro atoms. The van der Waals surface area contributed by atoms with Crippen LogP contribution in [-0.4, -0.2) is 33.5 Å². The number of hydrogen-bond donors (Lipinski definition) is 2. The molecule has 2 N–H and O–H groups in total. The summed E-state index contributed by atoms with van der Waals surface area (Å²) in [7, 11) is -3.43. The Balaban J connectivity index is 2.74. The summed E-state index contributed by atoms with van der Waals surface area (Å²) < 4.78 is 27.9. The van der Waals surface area contributed by atoms with E-state index in [0.29, 0.717) is 27.7 Å². The summed E-state index contributed by atoms with van der Waals surface area (Å²) in [5, 5.41) is 3.20. The van der Waals surface area contributed by atoms with Crippen molar-refractivity contribution in [2.75, 3.05) is 25.1 Å². The Labute approximate surface area is 138 Å². The fourth-order valence-corrected chi connectivity index (χ4v) is 6.09. The van der Waals surface area contributed by atoms with Crippen molar-refractivity contribution < 1.29 is 8.42 Å². The molecular formula is C12H21BrN2O2S3. The molecule has 116 valence electrons. The highest BCUT2D eigenvalue weighted by molar-refractivity contribution is 9.11. The molecule has 1 atom stereocenters. The van der Waals surface area contributed by atoms with Gasteiger partial charge in [-0.25, -0.2) is 13.1 Å². The van der Waals surface area contributed by atoms with E-state index in [1.807, 2.05) is 20.1 Å². The van der Waals surface area contributed by atoms with Gasteiger partial charge in [-0.2, -0.15) is 11.8 Å². The van der Waals surface area contributed by atoms with Crippen LogP contribution >= 0.6 is 39.0 Å².